The average Bonchev–Trinajstić information content (AvgIpc) is 3.20. The van der Waals surface area contributed by atoms with E-state index in [4.69, 9.17) is 0 Å². The normalized spacial score (nSPS) is 33.6. The summed E-state index contributed by atoms with van der Waals surface area (Å²) in [5.41, 5.74) is 1.89. The van der Waals surface area contributed by atoms with Gasteiger partial charge in [-0.3, -0.25) is 14.0 Å². The van der Waals surface area contributed by atoms with Crippen LogP contribution in [0.4, 0.5) is 0 Å². The number of aromatic nitrogens is 2. The number of imidazole rings is 1. The minimum absolute atomic E-state index is 0.0676. The highest BCUT2D eigenvalue weighted by Gasteiger charge is 2.50. The van der Waals surface area contributed by atoms with Gasteiger partial charge in [0.2, 0.25) is 0 Å². The van der Waals surface area contributed by atoms with Crippen molar-refractivity contribution in [3.8, 4) is 0 Å². The second-order valence-corrected chi connectivity index (χ2v) is 11.0. The van der Waals surface area contributed by atoms with Crippen LogP contribution in [0.5, 0.6) is 0 Å². The van der Waals surface area contributed by atoms with Crippen LogP contribution in [0.2, 0.25) is 0 Å². The SMILES string of the molecule is C[C@H]1CN(C(=O)c2cn3c(C(=O)NCC45CC6CC(CC(C6)C4)C5)cccc3n2)CCN1. The molecular formula is C25H33N5O2. The van der Waals surface area contributed by atoms with E-state index in [-0.39, 0.29) is 17.9 Å². The molecule has 3 heterocycles. The van der Waals surface area contributed by atoms with E-state index >= 15 is 0 Å². The number of hydrogen-bond donors (Lipinski definition) is 2. The first-order valence-corrected chi connectivity index (χ1v) is 12.3. The Hall–Kier alpha value is -2.41. The summed E-state index contributed by atoms with van der Waals surface area (Å²) >= 11 is 0. The molecule has 1 aliphatic heterocycles. The van der Waals surface area contributed by atoms with Crippen molar-refractivity contribution in [3.63, 3.8) is 0 Å². The van der Waals surface area contributed by atoms with Gasteiger partial charge in [-0.1, -0.05) is 6.07 Å². The fourth-order valence-corrected chi connectivity index (χ4v) is 7.44. The van der Waals surface area contributed by atoms with Crippen LogP contribution in [0.1, 0.15) is 66.4 Å². The van der Waals surface area contributed by atoms with Gasteiger partial charge >= 0.3 is 0 Å². The lowest BCUT2D eigenvalue weighted by atomic mass is 9.49. The third-order valence-corrected chi connectivity index (χ3v) is 8.39. The molecule has 32 heavy (non-hydrogen) atoms. The topological polar surface area (TPSA) is 78.7 Å². The zero-order valence-corrected chi connectivity index (χ0v) is 18.8. The predicted molar refractivity (Wildman–Crippen MR) is 121 cm³/mol. The van der Waals surface area contributed by atoms with E-state index in [1.54, 1.807) is 10.6 Å². The molecule has 2 amide bonds. The lowest BCUT2D eigenvalue weighted by molar-refractivity contribution is -0.0503. The van der Waals surface area contributed by atoms with Gasteiger partial charge < -0.3 is 15.5 Å². The molecule has 2 N–H and O–H groups in total. The largest absolute Gasteiger partial charge is 0.350 e. The maximum atomic E-state index is 13.2. The van der Waals surface area contributed by atoms with Gasteiger partial charge in [-0.15, -0.1) is 0 Å². The summed E-state index contributed by atoms with van der Waals surface area (Å²) in [6, 6.07) is 5.80. The van der Waals surface area contributed by atoms with Crippen LogP contribution >= 0.6 is 0 Å². The van der Waals surface area contributed by atoms with E-state index in [1.165, 1.54) is 38.5 Å². The Labute approximate surface area is 188 Å². The Balaban J connectivity index is 1.19. The van der Waals surface area contributed by atoms with Gasteiger partial charge in [0.25, 0.3) is 11.8 Å². The molecular weight excluding hydrogens is 402 g/mol. The Kier molecular flexibility index (Phi) is 4.79. The zero-order valence-electron chi connectivity index (χ0n) is 18.8. The van der Waals surface area contributed by atoms with Crippen LogP contribution in [-0.2, 0) is 0 Å². The number of carbonyl (C=O) groups excluding carboxylic acids is 2. The molecule has 170 valence electrons. The molecule has 1 atom stereocenters. The minimum atomic E-state index is -0.0708. The van der Waals surface area contributed by atoms with Crippen molar-refractivity contribution < 1.29 is 9.59 Å². The summed E-state index contributed by atoms with van der Waals surface area (Å²) in [6.45, 7) is 4.99. The number of pyridine rings is 1. The summed E-state index contributed by atoms with van der Waals surface area (Å²) in [4.78, 5) is 32.6. The molecule has 5 fully saturated rings. The first-order valence-electron chi connectivity index (χ1n) is 12.3. The number of hydrogen-bond acceptors (Lipinski definition) is 4. The second kappa shape index (κ2) is 7.58. The maximum absolute atomic E-state index is 13.2. The third-order valence-electron chi connectivity index (χ3n) is 8.39. The Morgan fingerprint density at radius 3 is 2.56 bits per heavy atom. The molecule has 0 spiro atoms. The van der Waals surface area contributed by atoms with Crippen LogP contribution in [-0.4, -0.2) is 58.3 Å². The van der Waals surface area contributed by atoms with Gasteiger partial charge in [0.1, 0.15) is 17.0 Å². The Morgan fingerprint density at radius 2 is 1.88 bits per heavy atom. The highest BCUT2D eigenvalue weighted by Crippen LogP contribution is 2.59. The predicted octanol–water partition coefficient (Wildman–Crippen LogP) is 2.71. The molecule has 0 aromatic carbocycles. The van der Waals surface area contributed by atoms with Gasteiger partial charge in [0.05, 0.1) is 0 Å². The molecule has 4 aliphatic carbocycles. The molecule has 7 rings (SSSR count). The molecule has 0 unspecified atom stereocenters. The van der Waals surface area contributed by atoms with Crippen LogP contribution in [0.3, 0.4) is 0 Å². The van der Waals surface area contributed by atoms with E-state index < -0.39 is 0 Å². The summed E-state index contributed by atoms with van der Waals surface area (Å²) in [6.07, 6.45) is 9.77. The van der Waals surface area contributed by atoms with Gasteiger partial charge in [-0.2, -0.15) is 0 Å². The minimum Gasteiger partial charge on any atom is -0.350 e. The van der Waals surface area contributed by atoms with Crippen molar-refractivity contribution in [3.05, 3.63) is 35.8 Å². The Morgan fingerprint density at radius 1 is 1.16 bits per heavy atom. The van der Waals surface area contributed by atoms with E-state index in [1.807, 2.05) is 23.1 Å². The molecule has 4 bridgehead atoms. The molecule has 2 aromatic heterocycles. The van der Waals surface area contributed by atoms with Crippen molar-refractivity contribution in [1.29, 1.82) is 0 Å². The number of nitrogens with zero attached hydrogens (tertiary/aromatic N) is 3. The van der Waals surface area contributed by atoms with E-state index in [9.17, 15) is 9.59 Å². The lowest BCUT2D eigenvalue weighted by Crippen LogP contribution is -2.51. The molecule has 7 heteroatoms. The molecule has 2 aromatic rings. The molecule has 5 aliphatic rings. The van der Waals surface area contributed by atoms with Crippen LogP contribution in [0, 0.1) is 23.2 Å². The van der Waals surface area contributed by atoms with Gasteiger partial charge in [0.15, 0.2) is 0 Å². The summed E-state index contributed by atoms with van der Waals surface area (Å²) in [7, 11) is 0. The second-order valence-electron chi connectivity index (χ2n) is 11.0. The number of nitrogens with one attached hydrogen (secondary N) is 2. The smallest absolute Gasteiger partial charge is 0.274 e. The lowest BCUT2D eigenvalue weighted by Gasteiger charge is -2.56. The van der Waals surface area contributed by atoms with Crippen molar-refractivity contribution >= 4 is 17.5 Å². The molecule has 7 nitrogen and oxygen atoms in total. The highest BCUT2D eigenvalue weighted by atomic mass is 16.2. The average molecular weight is 436 g/mol. The van der Waals surface area contributed by atoms with Crippen molar-refractivity contribution in [2.24, 2.45) is 23.2 Å². The number of amides is 2. The van der Waals surface area contributed by atoms with E-state index in [0.717, 1.165) is 30.8 Å². The van der Waals surface area contributed by atoms with E-state index in [0.29, 0.717) is 35.5 Å². The number of fused-ring (bicyclic) bond motifs is 1. The van der Waals surface area contributed by atoms with Crippen LogP contribution < -0.4 is 10.6 Å². The summed E-state index contributed by atoms with van der Waals surface area (Å²) in [5, 5.41) is 6.62. The standard InChI is InChI=1S/C25H33N5O2/c1-16-13-29(6-5-26-16)24(32)20-14-30-21(3-2-4-22(30)28-20)23(31)27-15-25-10-17-7-18(11-25)9-19(8-17)12-25/h2-4,14,16-19,26H,5-13,15H2,1H3,(H,27,31)/t16-,17?,18?,19?,25?/m0/s1. The fraction of sp³-hybridized carbons (Fsp3) is 0.640. The zero-order chi connectivity index (χ0) is 21.9. The third kappa shape index (κ3) is 3.51. The summed E-state index contributed by atoms with van der Waals surface area (Å²) < 4.78 is 1.77. The van der Waals surface area contributed by atoms with Crippen molar-refractivity contribution in [2.45, 2.75) is 51.5 Å². The van der Waals surface area contributed by atoms with Crippen LogP contribution in [0.15, 0.2) is 24.4 Å². The summed E-state index contributed by atoms with van der Waals surface area (Å²) in [5.74, 6) is 2.48. The van der Waals surface area contributed by atoms with Crippen molar-refractivity contribution in [2.75, 3.05) is 26.2 Å². The van der Waals surface area contributed by atoms with Gasteiger partial charge in [-0.05, 0) is 80.8 Å². The first-order chi connectivity index (χ1) is 15.5. The fourth-order valence-electron chi connectivity index (χ4n) is 7.44. The Bertz CT molecular complexity index is 1020. The van der Waals surface area contributed by atoms with Crippen molar-refractivity contribution in [1.82, 2.24) is 24.9 Å². The first kappa shape index (κ1) is 20.2. The number of carbonyl (C=O) groups is 2. The molecule has 0 radical (unpaired) electrons. The maximum Gasteiger partial charge on any atom is 0.274 e. The monoisotopic (exact) mass is 435 g/mol. The number of piperazine rings is 1. The quantitative estimate of drug-likeness (QED) is 0.774. The van der Waals surface area contributed by atoms with Crippen LogP contribution in [0.25, 0.3) is 5.65 Å². The number of rotatable bonds is 4. The highest BCUT2D eigenvalue weighted by molar-refractivity contribution is 5.95. The van der Waals surface area contributed by atoms with Gasteiger partial charge in [0, 0.05) is 38.4 Å². The molecule has 1 saturated heterocycles. The van der Waals surface area contributed by atoms with E-state index in [2.05, 4.69) is 22.5 Å². The van der Waals surface area contributed by atoms with Gasteiger partial charge in [-0.25, -0.2) is 4.98 Å². The molecule has 4 saturated carbocycles.